The predicted octanol–water partition coefficient (Wildman–Crippen LogP) is 3.01. The fraction of sp³-hybridized carbons (Fsp3) is 0.640. The zero-order valence-electron chi connectivity index (χ0n) is 20.4. The van der Waals surface area contributed by atoms with E-state index in [2.05, 4.69) is 17.6 Å². The Kier molecular flexibility index (Phi) is 7.14. The smallest absolute Gasteiger partial charge is 0.253 e. The first-order valence-corrected chi connectivity index (χ1v) is 13.9. The molecule has 0 bridgehead atoms. The van der Waals surface area contributed by atoms with E-state index in [0.717, 1.165) is 48.6 Å². The van der Waals surface area contributed by atoms with E-state index >= 15 is 0 Å². The van der Waals surface area contributed by atoms with Crippen LogP contribution in [0.4, 0.5) is 5.69 Å². The number of rotatable bonds is 6. The van der Waals surface area contributed by atoms with Gasteiger partial charge >= 0.3 is 0 Å². The number of anilines is 1. The molecular formula is C25H36N4O4S. The van der Waals surface area contributed by atoms with Crippen molar-refractivity contribution in [2.75, 3.05) is 24.2 Å². The van der Waals surface area contributed by atoms with Crippen LogP contribution in [0.25, 0.3) is 0 Å². The average molecular weight is 489 g/mol. The number of piperidine rings is 1. The van der Waals surface area contributed by atoms with Crippen molar-refractivity contribution in [2.24, 2.45) is 16.8 Å². The maximum absolute atomic E-state index is 13.0. The molecule has 2 fully saturated rings. The minimum Gasteiger partial charge on any atom is -0.326 e. The fourth-order valence-corrected chi connectivity index (χ4v) is 6.84. The van der Waals surface area contributed by atoms with Crippen LogP contribution in [0.15, 0.2) is 23.2 Å². The van der Waals surface area contributed by atoms with Gasteiger partial charge in [-0.1, -0.05) is 25.8 Å². The zero-order chi connectivity index (χ0) is 24.5. The molecule has 0 aromatic heterocycles. The number of nitrogens with zero attached hydrogens (tertiary/aromatic N) is 2. The minimum absolute atomic E-state index is 0.0152. The summed E-state index contributed by atoms with van der Waals surface area (Å²) in [5, 5.41) is 5.78. The van der Waals surface area contributed by atoms with Crippen molar-refractivity contribution in [2.45, 2.75) is 71.3 Å². The van der Waals surface area contributed by atoms with E-state index in [1.54, 1.807) is 6.07 Å². The summed E-state index contributed by atoms with van der Waals surface area (Å²) in [4.78, 5) is 28.9. The zero-order valence-corrected chi connectivity index (χ0v) is 21.2. The van der Waals surface area contributed by atoms with E-state index in [1.165, 1.54) is 11.2 Å². The van der Waals surface area contributed by atoms with E-state index in [1.807, 2.05) is 19.1 Å². The van der Waals surface area contributed by atoms with Gasteiger partial charge in [-0.2, -0.15) is 0 Å². The van der Waals surface area contributed by atoms with Gasteiger partial charge in [0.1, 0.15) is 11.4 Å². The Labute approximate surface area is 202 Å². The summed E-state index contributed by atoms with van der Waals surface area (Å²) in [7, 11) is -3.45. The molecule has 0 atom stereocenters. The molecule has 1 saturated heterocycles. The quantitative estimate of drug-likeness (QED) is 0.642. The number of aliphatic imine (C=N–C) groups is 1. The molecule has 9 heteroatoms. The predicted molar refractivity (Wildman–Crippen MR) is 133 cm³/mol. The number of hydrogen-bond acceptors (Lipinski definition) is 5. The lowest BCUT2D eigenvalue weighted by Crippen LogP contribution is -2.51. The molecule has 1 aliphatic carbocycles. The van der Waals surface area contributed by atoms with Crippen LogP contribution in [0.5, 0.6) is 0 Å². The first kappa shape index (κ1) is 24.9. The number of carbonyl (C=O) groups is 2. The number of amidine groups is 1. The van der Waals surface area contributed by atoms with E-state index in [-0.39, 0.29) is 17.6 Å². The molecule has 2 N–H and O–H groups in total. The topological polar surface area (TPSA) is 108 Å². The van der Waals surface area contributed by atoms with Crippen molar-refractivity contribution in [1.82, 2.24) is 9.62 Å². The summed E-state index contributed by atoms with van der Waals surface area (Å²) < 4.78 is 27.6. The monoisotopic (exact) mass is 488 g/mol. The Bertz CT molecular complexity index is 1080. The Hall–Kier alpha value is -2.26. The highest BCUT2D eigenvalue weighted by atomic mass is 32.2. The minimum atomic E-state index is -3.45. The van der Waals surface area contributed by atoms with Gasteiger partial charge in [0.15, 0.2) is 0 Å². The Morgan fingerprint density at radius 2 is 1.88 bits per heavy atom. The van der Waals surface area contributed by atoms with E-state index < -0.39 is 15.6 Å². The molecule has 2 amide bonds. The van der Waals surface area contributed by atoms with E-state index in [0.29, 0.717) is 44.0 Å². The average Bonchev–Trinajstić information content (AvgIpc) is 3.09. The number of sulfonamides is 1. The van der Waals surface area contributed by atoms with Crippen molar-refractivity contribution in [3.05, 3.63) is 29.3 Å². The highest BCUT2D eigenvalue weighted by Gasteiger charge is 2.48. The molecule has 3 aliphatic rings. The lowest BCUT2D eigenvalue weighted by molar-refractivity contribution is -0.125. The fourth-order valence-electron chi connectivity index (χ4n) is 5.37. The third-order valence-corrected chi connectivity index (χ3v) is 9.51. The molecule has 1 aromatic rings. The van der Waals surface area contributed by atoms with Crippen molar-refractivity contribution in [3.8, 4) is 0 Å². The molecular weight excluding hydrogens is 452 g/mol. The molecule has 1 aromatic carbocycles. The summed E-state index contributed by atoms with van der Waals surface area (Å²) in [5.74, 6) is 1.69. The van der Waals surface area contributed by atoms with Crippen LogP contribution >= 0.6 is 0 Å². The number of aryl methyl sites for hydroxylation is 2. The number of hydrogen-bond donors (Lipinski definition) is 2. The van der Waals surface area contributed by atoms with Crippen molar-refractivity contribution in [1.29, 1.82) is 0 Å². The first-order valence-electron chi connectivity index (χ1n) is 12.3. The van der Waals surface area contributed by atoms with Gasteiger partial charge in [0, 0.05) is 31.6 Å². The van der Waals surface area contributed by atoms with Crippen LogP contribution in [-0.2, 0) is 26.0 Å². The molecule has 0 unspecified atom stereocenters. The van der Waals surface area contributed by atoms with Gasteiger partial charge in [-0.25, -0.2) is 12.7 Å². The van der Waals surface area contributed by atoms with Crippen LogP contribution in [-0.4, -0.2) is 54.8 Å². The van der Waals surface area contributed by atoms with Crippen molar-refractivity contribution >= 4 is 33.4 Å². The lowest BCUT2D eigenvalue weighted by Gasteiger charge is -2.34. The summed E-state index contributed by atoms with van der Waals surface area (Å²) in [5.41, 5.74) is 1.79. The van der Waals surface area contributed by atoms with Gasteiger partial charge in [-0.05, 0) is 68.2 Å². The van der Waals surface area contributed by atoms with Gasteiger partial charge in [0.2, 0.25) is 15.9 Å². The summed E-state index contributed by atoms with van der Waals surface area (Å²) in [6, 6.07) is 5.52. The number of benzene rings is 1. The maximum Gasteiger partial charge on any atom is 0.253 e. The van der Waals surface area contributed by atoms with E-state index in [4.69, 9.17) is 4.99 Å². The summed E-state index contributed by atoms with van der Waals surface area (Å²) >= 11 is 0. The molecule has 34 heavy (non-hydrogen) atoms. The maximum atomic E-state index is 13.0. The second-order valence-corrected chi connectivity index (χ2v) is 12.3. The molecule has 2 aliphatic heterocycles. The molecule has 2 heterocycles. The van der Waals surface area contributed by atoms with Gasteiger partial charge in [-0.15, -0.1) is 0 Å². The van der Waals surface area contributed by atoms with Crippen LogP contribution in [0.1, 0.15) is 63.5 Å². The third-order valence-electron chi connectivity index (χ3n) is 7.64. The second-order valence-electron chi connectivity index (χ2n) is 10.2. The number of carbonyl (C=O) groups excluding carboxylic acids is 2. The number of nitrogens with one attached hydrogen (secondary N) is 2. The first-order chi connectivity index (χ1) is 16.1. The molecule has 1 spiro atoms. The van der Waals surface area contributed by atoms with Crippen LogP contribution in [0.3, 0.4) is 0 Å². The highest BCUT2D eigenvalue weighted by Crippen LogP contribution is 2.36. The molecule has 8 nitrogen and oxygen atoms in total. The summed E-state index contributed by atoms with van der Waals surface area (Å²) in [6.07, 6.45) is 5.69. The van der Waals surface area contributed by atoms with E-state index in [9.17, 15) is 18.0 Å². The molecule has 1 saturated carbocycles. The third kappa shape index (κ3) is 5.35. The molecule has 0 radical (unpaired) electrons. The Balaban J connectivity index is 1.35. The largest absolute Gasteiger partial charge is 0.326 e. The lowest BCUT2D eigenvalue weighted by atomic mass is 9.82. The normalized spacial score (nSPS) is 25.1. The van der Waals surface area contributed by atoms with Gasteiger partial charge in [-0.3, -0.25) is 14.6 Å². The highest BCUT2D eigenvalue weighted by molar-refractivity contribution is 7.89. The number of amides is 2. The molecule has 4 rings (SSSR count). The van der Waals surface area contributed by atoms with Crippen LogP contribution < -0.4 is 10.6 Å². The molecule has 186 valence electrons. The van der Waals surface area contributed by atoms with Crippen LogP contribution in [0, 0.1) is 18.8 Å². The van der Waals surface area contributed by atoms with Gasteiger partial charge < -0.3 is 10.6 Å². The van der Waals surface area contributed by atoms with Crippen molar-refractivity contribution < 1.29 is 18.0 Å². The van der Waals surface area contributed by atoms with Crippen LogP contribution in [0.2, 0.25) is 0 Å². The second kappa shape index (κ2) is 9.77. The Morgan fingerprint density at radius 3 is 2.50 bits per heavy atom. The van der Waals surface area contributed by atoms with Crippen molar-refractivity contribution in [3.63, 3.8) is 0 Å². The SMILES string of the molecule is CC(=O)Nc1ccc(CCS(=O)(=O)N2CCC3(CC2)N=C(C2CCC(C)CC2)NC3=O)c(C)c1. The Morgan fingerprint density at radius 1 is 1.21 bits per heavy atom. The van der Waals surface area contributed by atoms with Gasteiger partial charge in [0.05, 0.1) is 5.75 Å². The van der Waals surface area contributed by atoms with Gasteiger partial charge in [0.25, 0.3) is 5.91 Å². The summed E-state index contributed by atoms with van der Waals surface area (Å²) in [6.45, 7) is 6.27. The standard InChI is InChI=1S/C25H36N4O4S/c1-17-4-6-21(7-5-17)23-27-24(31)25(28-23)11-13-29(14-12-25)34(32,33)15-10-20-8-9-22(16-18(20)2)26-19(3)30/h8-9,16-17,21H,4-7,10-15H2,1-3H3,(H,26,30)(H,27,28,31).